The molecule has 3 heteroatoms. The van der Waals surface area contributed by atoms with Crippen molar-refractivity contribution in [3.8, 4) is 0 Å². The van der Waals surface area contributed by atoms with E-state index in [4.69, 9.17) is 4.74 Å². The van der Waals surface area contributed by atoms with Crippen LogP contribution in [0.15, 0.2) is 23.4 Å². The standard InChI is InChI=1S/C10H14N2O/c1-2-7-4-9-10(13-6-12-9)5-8(7)11-3-1/h2,4,8,10-12H,1,3,5-6H2/t8-,10-/m0/s1. The molecule has 0 spiro atoms. The summed E-state index contributed by atoms with van der Waals surface area (Å²) in [6.07, 6.45) is 7.14. The van der Waals surface area contributed by atoms with E-state index >= 15 is 0 Å². The highest BCUT2D eigenvalue weighted by molar-refractivity contribution is 5.36. The predicted molar refractivity (Wildman–Crippen MR) is 50.1 cm³/mol. The van der Waals surface area contributed by atoms with Gasteiger partial charge in [0.2, 0.25) is 0 Å². The first kappa shape index (κ1) is 7.59. The third-order valence-corrected chi connectivity index (χ3v) is 3.00. The molecule has 0 aromatic rings. The van der Waals surface area contributed by atoms with Gasteiger partial charge >= 0.3 is 0 Å². The van der Waals surface area contributed by atoms with Gasteiger partial charge in [-0.3, -0.25) is 0 Å². The van der Waals surface area contributed by atoms with Crippen LogP contribution in [0.5, 0.6) is 0 Å². The number of hydrogen-bond acceptors (Lipinski definition) is 3. The molecule has 2 N–H and O–H groups in total. The first-order valence-corrected chi connectivity index (χ1v) is 4.94. The van der Waals surface area contributed by atoms with Crippen molar-refractivity contribution in [1.29, 1.82) is 0 Å². The molecule has 1 aliphatic carbocycles. The van der Waals surface area contributed by atoms with Crippen molar-refractivity contribution in [3.05, 3.63) is 23.4 Å². The van der Waals surface area contributed by atoms with Crippen molar-refractivity contribution < 1.29 is 4.74 Å². The highest BCUT2D eigenvalue weighted by atomic mass is 16.5. The summed E-state index contributed by atoms with van der Waals surface area (Å²) >= 11 is 0. The fourth-order valence-electron chi connectivity index (χ4n) is 2.30. The lowest BCUT2D eigenvalue weighted by atomic mass is 9.89. The SMILES string of the molecule is C1=C2C=C3NCO[C@H]3C[C@@H]2NCC1. The molecule has 2 aliphatic heterocycles. The molecule has 1 saturated heterocycles. The molecule has 0 saturated carbocycles. The molecule has 3 aliphatic rings. The first-order chi connectivity index (χ1) is 6.43. The van der Waals surface area contributed by atoms with Gasteiger partial charge in [-0.25, -0.2) is 0 Å². The molecule has 13 heavy (non-hydrogen) atoms. The number of hydrogen-bond donors (Lipinski definition) is 2. The average Bonchev–Trinajstić information content (AvgIpc) is 2.61. The van der Waals surface area contributed by atoms with Crippen molar-refractivity contribution >= 4 is 0 Å². The van der Waals surface area contributed by atoms with Crippen molar-refractivity contribution in [3.63, 3.8) is 0 Å². The molecule has 70 valence electrons. The van der Waals surface area contributed by atoms with Crippen LogP contribution < -0.4 is 10.6 Å². The highest BCUT2D eigenvalue weighted by Gasteiger charge is 2.31. The number of rotatable bonds is 0. The van der Waals surface area contributed by atoms with E-state index in [1.54, 1.807) is 0 Å². The Morgan fingerprint density at radius 3 is 3.46 bits per heavy atom. The first-order valence-electron chi connectivity index (χ1n) is 4.94. The number of nitrogens with one attached hydrogen (secondary N) is 2. The molecule has 3 rings (SSSR count). The Morgan fingerprint density at radius 1 is 1.46 bits per heavy atom. The maximum absolute atomic E-state index is 5.56. The van der Waals surface area contributed by atoms with Crippen LogP contribution in [0.3, 0.4) is 0 Å². The predicted octanol–water partition coefficient (Wildman–Crippen LogP) is 0.508. The van der Waals surface area contributed by atoms with Gasteiger partial charge in [-0.05, 0) is 31.0 Å². The molecule has 0 radical (unpaired) electrons. The normalized spacial score (nSPS) is 36.9. The summed E-state index contributed by atoms with van der Waals surface area (Å²) in [5.41, 5.74) is 2.71. The number of fused-ring (bicyclic) bond motifs is 2. The van der Waals surface area contributed by atoms with Crippen LogP contribution in [-0.4, -0.2) is 25.4 Å². The van der Waals surface area contributed by atoms with Crippen molar-refractivity contribution in [1.82, 2.24) is 10.6 Å². The van der Waals surface area contributed by atoms with Gasteiger partial charge in [0.05, 0.1) is 0 Å². The Hall–Kier alpha value is -0.800. The Kier molecular flexibility index (Phi) is 1.67. The van der Waals surface area contributed by atoms with Crippen LogP contribution >= 0.6 is 0 Å². The van der Waals surface area contributed by atoms with Crippen molar-refractivity contribution in [2.24, 2.45) is 0 Å². The van der Waals surface area contributed by atoms with E-state index in [2.05, 4.69) is 22.8 Å². The lowest BCUT2D eigenvalue weighted by Crippen LogP contribution is -2.40. The zero-order valence-electron chi connectivity index (χ0n) is 7.55. The van der Waals surface area contributed by atoms with Gasteiger partial charge in [0.15, 0.2) is 0 Å². The molecular formula is C10H14N2O. The summed E-state index contributed by atoms with van der Waals surface area (Å²) in [5.74, 6) is 0. The summed E-state index contributed by atoms with van der Waals surface area (Å²) < 4.78 is 5.56. The molecule has 2 heterocycles. The zero-order chi connectivity index (χ0) is 8.67. The molecule has 2 atom stereocenters. The molecule has 0 aromatic heterocycles. The quantitative estimate of drug-likeness (QED) is 0.567. The fraction of sp³-hybridized carbons (Fsp3) is 0.600. The summed E-state index contributed by atoms with van der Waals surface area (Å²) in [7, 11) is 0. The van der Waals surface area contributed by atoms with Crippen LogP contribution in [0.25, 0.3) is 0 Å². The monoisotopic (exact) mass is 178 g/mol. The van der Waals surface area contributed by atoms with Crippen molar-refractivity contribution in [2.75, 3.05) is 13.3 Å². The van der Waals surface area contributed by atoms with E-state index in [1.807, 2.05) is 0 Å². The largest absolute Gasteiger partial charge is 0.364 e. The van der Waals surface area contributed by atoms with Crippen LogP contribution in [0.4, 0.5) is 0 Å². The third kappa shape index (κ3) is 1.19. The van der Waals surface area contributed by atoms with E-state index in [-0.39, 0.29) is 0 Å². The Morgan fingerprint density at radius 2 is 2.46 bits per heavy atom. The van der Waals surface area contributed by atoms with E-state index in [9.17, 15) is 0 Å². The topological polar surface area (TPSA) is 33.3 Å². The minimum absolute atomic E-state index is 0.313. The van der Waals surface area contributed by atoms with Gasteiger partial charge in [0.1, 0.15) is 12.8 Å². The molecular weight excluding hydrogens is 164 g/mol. The molecule has 0 bridgehead atoms. The molecule has 0 aromatic carbocycles. The van der Waals surface area contributed by atoms with Crippen LogP contribution in [0, 0.1) is 0 Å². The van der Waals surface area contributed by atoms with Crippen LogP contribution in [0.1, 0.15) is 12.8 Å². The Labute approximate surface area is 77.8 Å². The lowest BCUT2D eigenvalue weighted by molar-refractivity contribution is 0.106. The number of ether oxygens (including phenoxy) is 1. The second-order valence-electron chi connectivity index (χ2n) is 3.81. The van der Waals surface area contributed by atoms with Crippen molar-refractivity contribution in [2.45, 2.75) is 25.0 Å². The fourth-order valence-corrected chi connectivity index (χ4v) is 2.30. The maximum atomic E-state index is 5.56. The Balaban J connectivity index is 1.94. The minimum atomic E-state index is 0.313. The van der Waals surface area contributed by atoms with Crippen LogP contribution in [0.2, 0.25) is 0 Å². The summed E-state index contributed by atoms with van der Waals surface area (Å²) in [5, 5.41) is 6.77. The van der Waals surface area contributed by atoms with Crippen LogP contribution in [-0.2, 0) is 4.74 Å². The molecule has 0 unspecified atom stereocenters. The smallest absolute Gasteiger partial charge is 0.117 e. The van der Waals surface area contributed by atoms with Gasteiger partial charge in [-0.1, -0.05) is 6.08 Å². The van der Waals surface area contributed by atoms with Gasteiger partial charge in [0, 0.05) is 11.7 Å². The highest BCUT2D eigenvalue weighted by Crippen LogP contribution is 2.28. The second-order valence-corrected chi connectivity index (χ2v) is 3.81. The molecule has 1 fully saturated rings. The molecule has 3 nitrogen and oxygen atoms in total. The second kappa shape index (κ2) is 2.86. The zero-order valence-corrected chi connectivity index (χ0v) is 7.55. The minimum Gasteiger partial charge on any atom is -0.364 e. The van der Waals surface area contributed by atoms with Gasteiger partial charge < -0.3 is 15.4 Å². The van der Waals surface area contributed by atoms with Gasteiger partial charge in [0.25, 0.3) is 0 Å². The van der Waals surface area contributed by atoms with E-state index < -0.39 is 0 Å². The molecule has 0 amide bonds. The summed E-state index contributed by atoms with van der Waals surface area (Å²) in [6.45, 7) is 1.79. The summed E-state index contributed by atoms with van der Waals surface area (Å²) in [6, 6.07) is 0.530. The average molecular weight is 178 g/mol. The summed E-state index contributed by atoms with van der Waals surface area (Å²) in [4.78, 5) is 0. The van der Waals surface area contributed by atoms with Gasteiger partial charge in [-0.15, -0.1) is 0 Å². The Bertz CT molecular complexity index is 283. The van der Waals surface area contributed by atoms with E-state index in [0.29, 0.717) is 18.9 Å². The lowest BCUT2D eigenvalue weighted by Gasteiger charge is -2.30. The van der Waals surface area contributed by atoms with Gasteiger partial charge in [-0.2, -0.15) is 0 Å². The van der Waals surface area contributed by atoms with E-state index in [0.717, 1.165) is 19.4 Å². The maximum Gasteiger partial charge on any atom is 0.117 e. The van der Waals surface area contributed by atoms with E-state index in [1.165, 1.54) is 11.3 Å². The third-order valence-electron chi connectivity index (χ3n) is 3.00.